The molecule has 1 unspecified atom stereocenters. The molecule has 3 heteroatoms. The van der Waals surface area contributed by atoms with E-state index in [4.69, 9.17) is 5.73 Å². The van der Waals surface area contributed by atoms with Gasteiger partial charge in [-0.3, -0.25) is 4.79 Å². The van der Waals surface area contributed by atoms with Crippen molar-refractivity contribution in [3.8, 4) is 0 Å². The van der Waals surface area contributed by atoms with E-state index in [0.717, 1.165) is 12.0 Å². The molecule has 21 heavy (non-hydrogen) atoms. The van der Waals surface area contributed by atoms with E-state index < -0.39 is 6.04 Å². The molecule has 3 N–H and O–H groups in total. The lowest BCUT2D eigenvalue weighted by Crippen LogP contribution is -2.46. The van der Waals surface area contributed by atoms with Gasteiger partial charge in [-0.25, -0.2) is 0 Å². The predicted octanol–water partition coefficient (Wildman–Crippen LogP) is 2.30. The minimum atomic E-state index is -0.509. The molecule has 2 rings (SSSR count). The summed E-state index contributed by atoms with van der Waals surface area (Å²) in [7, 11) is 0. The first-order valence-electron chi connectivity index (χ1n) is 7.29. The van der Waals surface area contributed by atoms with E-state index in [2.05, 4.69) is 17.4 Å². The molecule has 0 aliphatic heterocycles. The first kappa shape index (κ1) is 15.3. The maximum absolute atomic E-state index is 12.1. The van der Waals surface area contributed by atoms with Gasteiger partial charge in [0.1, 0.15) is 0 Å². The Bertz CT molecular complexity index is 554. The van der Waals surface area contributed by atoms with Crippen molar-refractivity contribution >= 4 is 5.91 Å². The zero-order valence-corrected chi connectivity index (χ0v) is 12.3. The van der Waals surface area contributed by atoms with Gasteiger partial charge in [0, 0.05) is 6.04 Å². The minimum absolute atomic E-state index is 0.0710. The Labute approximate surface area is 126 Å². The zero-order valence-electron chi connectivity index (χ0n) is 12.3. The van der Waals surface area contributed by atoms with E-state index in [1.807, 2.05) is 55.5 Å². The number of benzene rings is 2. The molecule has 0 bridgehead atoms. The second-order valence-electron chi connectivity index (χ2n) is 5.40. The highest BCUT2D eigenvalue weighted by Crippen LogP contribution is 2.05. The van der Waals surface area contributed by atoms with Gasteiger partial charge in [0.2, 0.25) is 5.91 Å². The molecule has 3 nitrogen and oxygen atoms in total. The van der Waals surface area contributed by atoms with E-state index >= 15 is 0 Å². The van der Waals surface area contributed by atoms with Gasteiger partial charge < -0.3 is 11.1 Å². The number of amides is 1. The zero-order chi connectivity index (χ0) is 15.1. The van der Waals surface area contributed by atoms with Gasteiger partial charge in [-0.2, -0.15) is 0 Å². The van der Waals surface area contributed by atoms with Crippen molar-refractivity contribution in [2.45, 2.75) is 31.8 Å². The maximum Gasteiger partial charge on any atom is 0.237 e. The number of carbonyl (C=O) groups is 1. The van der Waals surface area contributed by atoms with E-state index in [-0.39, 0.29) is 11.9 Å². The lowest BCUT2D eigenvalue weighted by molar-refractivity contribution is -0.122. The van der Waals surface area contributed by atoms with Gasteiger partial charge >= 0.3 is 0 Å². The Kier molecular flexibility index (Phi) is 5.52. The SMILES string of the molecule is C[C@@H](Cc1ccccc1)NC(=O)C(N)Cc1ccccc1. The first-order valence-corrected chi connectivity index (χ1v) is 7.29. The highest BCUT2D eigenvalue weighted by atomic mass is 16.2. The molecule has 110 valence electrons. The summed E-state index contributed by atoms with van der Waals surface area (Å²) in [5.74, 6) is -0.0951. The van der Waals surface area contributed by atoms with Gasteiger partial charge in [0.15, 0.2) is 0 Å². The molecule has 0 heterocycles. The molecule has 2 atom stereocenters. The van der Waals surface area contributed by atoms with Gasteiger partial charge in [0.25, 0.3) is 0 Å². The molecule has 0 fully saturated rings. The molecule has 0 radical (unpaired) electrons. The van der Waals surface area contributed by atoms with Crippen molar-refractivity contribution in [2.75, 3.05) is 0 Å². The highest BCUT2D eigenvalue weighted by molar-refractivity contribution is 5.82. The molecule has 2 aromatic rings. The van der Waals surface area contributed by atoms with Crippen LogP contribution in [-0.4, -0.2) is 18.0 Å². The Hall–Kier alpha value is -2.13. The quantitative estimate of drug-likeness (QED) is 0.854. The summed E-state index contributed by atoms with van der Waals surface area (Å²) in [4.78, 5) is 12.1. The van der Waals surface area contributed by atoms with E-state index in [9.17, 15) is 4.79 Å². The number of hydrogen-bond donors (Lipinski definition) is 2. The lowest BCUT2D eigenvalue weighted by atomic mass is 10.0. The fourth-order valence-electron chi connectivity index (χ4n) is 2.33. The van der Waals surface area contributed by atoms with Gasteiger partial charge in [-0.1, -0.05) is 60.7 Å². The molecule has 0 saturated carbocycles. The van der Waals surface area contributed by atoms with Crippen LogP contribution in [0, 0.1) is 0 Å². The van der Waals surface area contributed by atoms with E-state index in [0.29, 0.717) is 6.42 Å². The predicted molar refractivity (Wildman–Crippen MR) is 85.9 cm³/mol. The Morgan fingerprint density at radius 3 is 1.95 bits per heavy atom. The summed E-state index contributed by atoms with van der Waals surface area (Å²) >= 11 is 0. The van der Waals surface area contributed by atoms with Crippen molar-refractivity contribution in [2.24, 2.45) is 5.73 Å². The Balaban J connectivity index is 1.83. The van der Waals surface area contributed by atoms with Crippen LogP contribution in [0.4, 0.5) is 0 Å². The molecule has 0 aliphatic carbocycles. The van der Waals surface area contributed by atoms with E-state index in [1.54, 1.807) is 0 Å². The number of nitrogens with two attached hydrogens (primary N) is 1. The maximum atomic E-state index is 12.1. The number of hydrogen-bond acceptors (Lipinski definition) is 2. The van der Waals surface area contributed by atoms with Crippen LogP contribution in [0.5, 0.6) is 0 Å². The van der Waals surface area contributed by atoms with Crippen LogP contribution in [0.25, 0.3) is 0 Å². The van der Waals surface area contributed by atoms with Crippen molar-refractivity contribution in [3.63, 3.8) is 0 Å². The molecule has 2 aromatic carbocycles. The largest absolute Gasteiger partial charge is 0.352 e. The summed E-state index contributed by atoms with van der Waals surface area (Å²) in [5.41, 5.74) is 8.27. The van der Waals surface area contributed by atoms with Crippen LogP contribution < -0.4 is 11.1 Å². The van der Waals surface area contributed by atoms with Crippen molar-refractivity contribution in [3.05, 3.63) is 71.8 Å². The van der Waals surface area contributed by atoms with Crippen molar-refractivity contribution < 1.29 is 4.79 Å². The summed E-state index contributed by atoms with van der Waals surface area (Å²) in [6.45, 7) is 2.00. The molecular formula is C18H22N2O. The summed E-state index contributed by atoms with van der Waals surface area (Å²) in [6, 6.07) is 19.5. The van der Waals surface area contributed by atoms with Gasteiger partial charge in [0.05, 0.1) is 6.04 Å². The topological polar surface area (TPSA) is 55.1 Å². The van der Waals surface area contributed by atoms with Gasteiger partial charge in [-0.05, 0) is 30.9 Å². The van der Waals surface area contributed by atoms with Crippen LogP contribution in [-0.2, 0) is 17.6 Å². The van der Waals surface area contributed by atoms with Crippen LogP contribution in [0.1, 0.15) is 18.1 Å². The highest BCUT2D eigenvalue weighted by Gasteiger charge is 2.16. The molecule has 0 spiro atoms. The molecule has 0 aliphatic rings. The van der Waals surface area contributed by atoms with Gasteiger partial charge in [-0.15, -0.1) is 0 Å². The third-order valence-corrected chi connectivity index (χ3v) is 3.41. The van der Waals surface area contributed by atoms with E-state index in [1.165, 1.54) is 5.56 Å². The minimum Gasteiger partial charge on any atom is -0.352 e. The number of carbonyl (C=O) groups excluding carboxylic acids is 1. The molecule has 0 aromatic heterocycles. The fraction of sp³-hybridized carbons (Fsp3) is 0.278. The Morgan fingerprint density at radius 2 is 1.43 bits per heavy atom. The summed E-state index contributed by atoms with van der Waals surface area (Å²) < 4.78 is 0. The van der Waals surface area contributed by atoms with Crippen LogP contribution in [0.2, 0.25) is 0 Å². The first-order chi connectivity index (χ1) is 10.1. The number of rotatable bonds is 6. The molecule has 0 saturated heterocycles. The smallest absolute Gasteiger partial charge is 0.237 e. The third-order valence-electron chi connectivity index (χ3n) is 3.41. The normalized spacial score (nSPS) is 13.4. The Morgan fingerprint density at radius 1 is 0.952 bits per heavy atom. The second-order valence-corrected chi connectivity index (χ2v) is 5.40. The second kappa shape index (κ2) is 7.60. The lowest BCUT2D eigenvalue weighted by Gasteiger charge is -2.17. The van der Waals surface area contributed by atoms with Crippen LogP contribution >= 0.6 is 0 Å². The average molecular weight is 282 g/mol. The monoisotopic (exact) mass is 282 g/mol. The summed E-state index contributed by atoms with van der Waals surface area (Å²) in [6.07, 6.45) is 1.37. The van der Waals surface area contributed by atoms with Crippen LogP contribution in [0.3, 0.4) is 0 Å². The van der Waals surface area contributed by atoms with Crippen LogP contribution in [0.15, 0.2) is 60.7 Å². The standard InChI is InChI=1S/C18H22N2O/c1-14(12-15-8-4-2-5-9-15)20-18(21)17(19)13-16-10-6-3-7-11-16/h2-11,14,17H,12-13,19H2,1H3,(H,20,21)/t14-,17?/m0/s1. The fourth-order valence-corrected chi connectivity index (χ4v) is 2.33. The third kappa shape index (κ3) is 5.04. The van der Waals surface area contributed by atoms with Crippen molar-refractivity contribution in [1.82, 2.24) is 5.32 Å². The average Bonchev–Trinajstić information content (AvgIpc) is 2.49. The molecular weight excluding hydrogens is 260 g/mol. The molecule has 1 amide bonds. The van der Waals surface area contributed by atoms with Crippen molar-refractivity contribution in [1.29, 1.82) is 0 Å². The number of nitrogens with one attached hydrogen (secondary N) is 1. The summed E-state index contributed by atoms with van der Waals surface area (Å²) in [5, 5.41) is 2.98.